The molecule has 1 aromatic heterocycles. The van der Waals surface area contributed by atoms with Crippen molar-refractivity contribution in [2.75, 3.05) is 26.2 Å². The average molecular weight is 372 g/mol. The predicted molar refractivity (Wildman–Crippen MR) is 100 cm³/mol. The van der Waals surface area contributed by atoms with Gasteiger partial charge in [0.2, 0.25) is 17.7 Å². The second-order valence-electron chi connectivity index (χ2n) is 7.72. The zero-order valence-electron chi connectivity index (χ0n) is 15.9. The zero-order chi connectivity index (χ0) is 19.3. The minimum absolute atomic E-state index is 0.0232. The molecule has 1 aromatic rings. The Labute approximate surface area is 160 Å². The molecule has 0 aliphatic carbocycles. The van der Waals surface area contributed by atoms with Gasteiger partial charge in [0.05, 0.1) is 12.2 Å². The SMILES string of the molecule is CC(=O)NCCC(=O)N1CCCC2(CCC(=O)N(Cc3ccccn3)C2)C1. The Bertz CT molecular complexity index is 694. The minimum Gasteiger partial charge on any atom is -0.356 e. The van der Waals surface area contributed by atoms with E-state index in [1.807, 2.05) is 28.0 Å². The van der Waals surface area contributed by atoms with Gasteiger partial charge in [-0.05, 0) is 31.4 Å². The summed E-state index contributed by atoms with van der Waals surface area (Å²) in [6.45, 7) is 4.49. The first-order chi connectivity index (χ1) is 13.0. The van der Waals surface area contributed by atoms with Crippen LogP contribution in [0.5, 0.6) is 0 Å². The summed E-state index contributed by atoms with van der Waals surface area (Å²) in [7, 11) is 0. The lowest BCUT2D eigenvalue weighted by Gasteiger charge is -2.48. The number of nitrogens with zero attached hydrogens (tertiary/aromatic N) is 3. The molecule has 1 N–H and O–H groups in total. The summed E-state index contributed by atoms with van der Waals surface area (Å²) in [4.78, 5) is 44.1. The van der Waals surface area contributed by atoms with Gasteiger partial charge >= 0.3 is 0 Å². The number of nitrogens with one attached hydrogen (secondary N) is 1. The Morgan fingerprint density at radius 2 is 2.11 bits per heavy atom. The maximum atomic E-state index is 12.5. The number of likely N-dealkylation sites (tertiary alicyclic amines) is 2. The van der Waals surface area contributed by atoms with Gasteiger partial charge in [0.1, 0.15) is 0 Å². The van der Waals surface area contributed by atoms with E-state index in [1.165, 1.54) is 6.92 Å². The van der Waals surface area contributed by atoms with Crippen LogP contribution in [0.1, 0.15) is 44.7 Å². The van der Waals surface area contributed by atoms with Crippen LogP contribution >= 0.6 is 0 Å². The molecule has 0 saturated carbocycles. The van der Waals surface area contributed by atoms with Crippen molar-refractivity contribution in [3.8, 4) is 0 Å². The van der Waals surface area contributed by atoms with Gasteiger partial charge in [-0.15, -0.1) is 0 Å². The molecular weight excluding hydrogens is 344 g/mol. The number of aromatic nitrogens is 1. The number of pyridine rings is 1. The number of amides is 3. The highest BCUT2D eigenvalue weighted by molar-refractivity contribution is 5.79. The van der Waals surface area contributed by atoms with Crippen molar-refractivity contribution in [3.63, 3.8) is 0 Å². The van der Waals surface area contributed by atoms with E-state index in [-0.39, 0.29) is 23.1 Å². The van der Waals surface area contributed by atoms with Crippen LogP contribution in [-0.2, 0) is 20.9 Å². The fourth-order valence-corrected chi connectivity index (χ4v) is 4.19. The topological polar surface area (TPSA) is 82.6 Å². The summed E-state index contributed by atoms with van der Waals surface area (Å²) in [5.41, 5.74) is 0.867. The lowest BCUT2D eigenvalue weighted by Crippen LogP contribution is -2.55. The molecule has 1 spiro atoms. The Morgan fingerprint density at radius 3 is 2.85 bits per heavy atom. The van der Waals surface area contributed by atoms with Crippen LogP contribution in [0.4, 0.5) is 0 Å². The number of piperidine rings is 2. The van der Waals surface area contributed by atoms with Gasteiger partial charge < -0.3 is 15.1 Å². The molecule has 27 heavy (non-hydrogen) atoms. The monoisotopic (exact) mass is 372 g/mol. The summed E-state index contributed by atoms with van der Waals surface area (Å²) in [5.74, 6) is 0.130. The van der Waals surface area contributed by atoms with E-state index >= 15 is 0 Å². The van der Waals surface area contributed by atoms with Gasteiger partial charge in [0.25, 0.3) is 0 Å². The molecule has 1 atom stereocenters. The van der Waals surface area contributed by atoms with Crippen LogP contribution in [0, 0.1) is 5.41 Å². The van der Waals surface area contributed by atoms with Crippen LogP contribution < -0.4 is 5.32 Å². The molecule has 7 heteroatoms. The van der Waals surface area contributed by atoms with Crippen molar-refractivity contribution in [1.82, 2.24) is 20.1 Å². The quantitative estimate of drug-likeness (QED) is 0.846. The van der Waals surface area contributed by atoms with E-state index in [0.717, 1.165) is 31.5 Å². The second-order valence-corrected chi connectivity index (χ2v) is 7.72. The maximum Gasteiger partial charge on any atom is 0.224 e. The molecule has 3 amide bonds. The van der Waals surface area contributed by atoms with Crippen molar-refractivity contribution < 1.29 is 14.4 Å². The van der Waals surface area contributed by atoms with Gasteiger partial charge in [0, 0.05) is 57.6 Å². The smallest absolute Gasteiger partial charge is 0.224 e. The maximum absolute atomic E-state index is 12.5. The van der Waals surface area contributed by atoms with Gasteiger partial charge in [-0.1, -0.05) is 6.07 Å². The summed E-state index contributed by atoms with van der Waals surface area (Å²) in [5, 5.41) is 2.68. The van der Waals surface area contributed by atoms with Crippen LogP contribution in [0.25, 0.3) is 0 Å². The van der Waals surface area contributed by atoms with Crippen molar-refractivity contribution >= 4 is 17.7 Å². The number of carbonyl (C=O) groups excluding carboxylic acids is 3. The van der Waals surface area contributed by atoms with E-state index in [4.69, 9.17) is 0 Å². The fraction of sp³-hybridized carbons (Fsp3) is 0.600. The van der Waals surface area contributed by atoms with Crippen molar-refractivity contribution in [2.24, 2.45) is 5.41 Å². The largest absolute Gasteiger partial charge is 0.356 e. The van der Waals surface area contributed by atoms with Crippen molar-refractivity contribution in [1.29, 1.82) is 0 Å². The summed E-state index contributed by atoms with van der Waals surface area (Å²) < 4.78 is 0. The molecule has 3 rings (SSSR count). The van der Waals surface area contributed by atoms with Crippen LogP contribution in [-0.4, -0.2) is 58.7 Å². The standard InChI is InChI=1S/C20H28N4O3/c1-16(25)21-11-7-19(27)23-12-4-8-20(14-23)9-6-18(26)24(15-20)13-17-5-2-3-10-22-17/h2-3,5,10H,4,6-9,11-15H2,1H3,(H,21,25). The lowest BCUT2D eigenvalue weighted by molar-refractivity contribution is -0.143. The highest BCUT2D eigenvalue weighted by Crippen LogP contribution is 2.39. The van der Waals surface area contributed by atoms with Crippen LogP contribution in [0.15, 0.2) is 24.4 Å². The Kier molecular flexibility index (Phi) is 6.08. The first-order valence-electron chi connectivity index (χ1n) is 9.67. The summed E-state index contributed by atoms with van der Waals surface area (Å²) in [6, 6.07) is 5.74. The van der Waals surface area contributed by atoms with Crippen LogP contribution in [0.3, 0.4) is 0 Å². The molecule has 2 fully saturated rings. The third kappa shape index (κ3) is 5.05. The highest BCUT2D eigenvalue weighted by atomic mass is 16.2. The van der Waals surface area contributed by atoms with Gasteiger partial charge in [-0.2, -0.15) is 0 Å². The molecule has 0 aromatic carbocycles. The van der Waals surface area contributed by atoms with E-state index in [2.05, 4.69) is 10.3 Å². The normalized spacial score (nSPS) is 22.8. The van der Waals surface area contributed by atoms with Crippen molar-refractivity contribution in [2.45, 2.75) is 45.6 Å². The number of carbonyl (C=O) groups is 3. The Balaban J connectivity index is 1.61. The zero-order valence-corrected chi connectivity index (χ0v) is 15.9. The molecule has 1 unspecified atom stereocenters. The first kappa shape index (κ1) is 19.3. The summed E-state index contributed by atoms with van der Waals surface area (Å²) >= 11 is 0. The molecule has 3 heterocycles. The van der Waals surface area contributed by atoms with Gasteiger partial charge in [-0.3, -0.25) is 19.4 Å². The molecule has 2 aliphatic rings. The van der Waals surface area contributed by atoms with E-state index in [9.17, 15) is 14.4 Å². The van der Waals surface area contributed by atoms with Crippen LogP contribution in [0.2, 0.25) is 0 Å². The number of hydrogen-bond donors (Lipinski definition) is 1. The summed E-state index contributed by atoms with van der Waals surface area (Å²) in [6.07, 6.45) is 5.43. The highest BCUT2D eigenvalue weighted by Gasteiger charge is 2.42. The molecule has 0 radical (unpaired) electrons. The molecule has 0 bridgehead atoms. The molecule has 7 nitrogen and oxygen atoms in total. The van der Waals surface area contributed by atoms with Gasteiger partial charge in [0.15, 0.2) is 0 Å². The Morgan fingerprint density at radius 1 is 1.26 bits per heavy atom. The van der Waals surface area contributed by atoms with E-state index in [1.54, 1.807) is 6.20 Å². The molecule has 146 valence electrons. The number of hydrogen-bond acceptors (Lipinski definition) is 4. The molecular formula is C20H28N4O3. The lowest BCUT2D eigenvalue weighted by atomic mass is 9.73. The minimum atomic E-state index is -0.117. The number of rotatable bonds is 5. The predicted octanol–water partition coefficient (Wildman–Crippen LogP) is 1.34. The Hall–Kier alpha value is -2.44. The average Bonchev–Trinajstić information content (AvgIpc) is 2.65. The molecule has 2 saturated heterocycles. The van der Waals surface area contributed by atoms with Gasteiger partial charge in [-0.25, -0.2) is 0 Å². The van der Waals surface area contributed by atoms with E-state index in [0.29, 0.717) is 39.0 Å². The second kappa shape index (κ2) is 8.50. The van der Waals surface area contributed by atoms with E-state index < -0.39 is 0 Å². The first-order valence-corrected chi connectivity index (χ1v) is 9.67. The third-order valence-corrected chi connectivity index (χ3v) is 5.55. The molecule has 2 aliphatic heterocycles. The third-order valence-electron chi connectivity index (χ3n) is 5.55. The fourth-order valence-electron chi connectivity index (χ4n) is 4.19. The van der Waals surface area contributed by atoms with Crippen molar-refractivity contribution in [3.05, 3.63) is 30.1 Å².